The van der Waals surface area contributed by atoms with Crippen molar-refractivity contribution in [3.63, 3.8) is 0 Å². The molecule has 1 aliphatic heterocycles. The summed E-state index contributed by atoms with van der Waals surface area (Å²) in [6.45, 7) is 4.97. The summed E-state index contributed by atoms with van der Waals surface area (Å²) in [6.07, 6.45) is 3.17. The summed E-state index contributed by atoms with van der Waals surface area (Å²) in [6, 6.07) is 12.0. The number of piperidine rings is 1. The van der Waals surface area contributed by atoms with E-state index in [9.17, 15) is 4.79 Å². The number of carbonyl (C=O) groups excluding carboxylic acids is 1. The number of benzene rings is 1. The van der Waals surface area contributed by atoms with Crippen molar-refractivity contribution in [1.82, 2.24) is 24.5 Å². The smallest absolute Gasteiger partial charge is 0.226 e. The van der Waals surface area contributed by atoms with Gasteiger partial charge in [-0.1, -0.05) is 30.3 Å². The van der Waals surface area contributed by atoms with Gasteiger partial charge in [-0.05, 0) is 25.3 Å². The van der Waals surface area contributed by atoms with Gasteiger partial charge in [-0.25, -0.2) is 0 Å². The molecule has 8 heteroatoms. The van der Waals surface area contributed by atoms with Crippen LogP contribution in [0.3, 0.4) is 0 Å². The molecule has 1 amide bonds. The Morgan fingerprint density at radius 2 is 2.00 bits per heavy atom. The molecule has 0 saturated carbocycles. The van der Waals surface area contributed by atoms with E-state index in [-0.39, 0.29) is 11.8 Å². The highest BCUT2D eigenvalue weighted by atomic mass is 16.2. The molecule has 1 saturated heterocycles. The predicted molar refractivity (Wildman–Crippen MR) is 108 cm³/mol. The first-order valence-electron chi connectivity index (χ1n) is 9.69. The minimum atomic E-state index is 0.0501. The van der Waals surface area contributed by atoms with Crippen molar-refractivity contribution >= 4 is 23.3 Å². The van der Waals surface area contributed by atoms with Crippen LogP contribution in [-0.2, 0) is 11.3 Å². The monoisotopic (exact) mass is 379 g/mol. The maximum absolute atomic E-state index is 13.0. The second-order valence-electron chi connectivity index (χ2n) is 7.13. The molecule has 0 radical (unpaired) electrons. The number of carbonyl (C=O) groups is 1. The van der Waals surface area contributed by atoms with E-state index in [1.165, 1.54) is 0 Å². The van der Waals surface area contributed by atoms with Gasteiger partial charge in [0.2, 0.25) is 11.9 Å². The second-order valence-corrected chi connectivity index (χ2v) is 7.13. The summed E-state index contributed by atoms with van der Waals surface area (Å²) < 4.78 is 1.66. The molecule has 0 aliphatic carbocycles. The summed E-state index contributed by atoms with van der Waals surface area (Å²) in [5.74, 6) is 1.46. The number of amides is 1. The lowest BCUT2D eigenvalue weighted by molar-refractivity contribution is -0.136. The van der Waals surface area contributed by atoms with Crippen LogP contribution in [0, 0.1) is 5.92 Å². The lowest BCUT2D eigenvalue weighted by Crippen LogP contribution is -2.42. The van der Waals surface area contributed by atoms with Crippen LogP contribution >= 0.6 is 0 Å². The van der Waals surface area contributed by atoms with Gasteiger partial charge in [0.15, 0.2) is 5.65 Å². The van der Waals surface area contributed by atoms with Gasteiger partial charge in [0, 0.05) is 38.2 Å². The zero-order valence-corrected chi connectivity index (χ0v) is 16.0. The van der Waals surface area contributed by atoms with Gasteiger partial charge in [0.05, 0.1) is 0 Å². The van der Waals surface area contributed by atoms with E-state index in [1.807, 2.05) is 36.1 Å². The van der Waals surface area contributed by atoms with E-state index in [0.717, 1.165) is 43.9 Å². The second kappa shape index (κ2) is 7.84. The quantitative estimate of drug-likeness (QED) is 0.729. The highest BCUT2D eigenvalue weighted by Gasteiger charge is 2.29. The Labute approximate surface area is 164 Å². The first-order valence-corrected chi connectivity index (χ1v) is 9.69. The number of nitrogen functional groups attached to an aromatic ring is 1. The van der Waals surface area contributed by atoms with Crippen molar-refractivity contribution in [2.75, 3.05) is 30.3 Å². The molecule has 4 rings (SSSR count). The third-order valence-corrected chi connectivity index (χ3v) is 5.39. The zero-order valence-electron chi connectivity index (χ0n) is 16.0. The van der Waals surface area contributed by atoms with Crippen molar-refractivity contribution in [2.24, 2.45) is 5.92 Å². The van der Waals surface area contributed by atoms with Crippen LogP contribution in [-0.4, -0.2) is 50.0 Å². The molecule has 1 aliphatic rings. The molecule has 3 heterocycles. The van der Waals surface area contributed by atoms with E-state index in [4.69, 9.17) is 5.73 Å². The standard InChI is InChI=1S/C20H25N7O/c1-2-25(13-15-6-4-3-5-7-15)19(28)16-8-10-26(11-9-16)17-12-18-24-22-14-27(18)20(21)23-17/h3-7,12,14,16H,2,8-11,13H2,1H3,(H2,21,23). The van der Waals surface area contributed by atoms with Crippen LogP contribution in [0.2, 0.25) is 0 Å². The fourth-order valence-corrected chi connectivity index (χ4v) is 3.76. The van der Waals surface area contributed by atoms with Crippen molar-refractivity contribution < 1.29 is 4.79 Å². The zero-order chi connectivity index (χ0) is 19.5. The fourth-order valence-electron chi connectivity index (χ4n) is 3.76. The molecule has 2 N–H and O–H groups in total. The largest absolute Gasteiger partial charge is 0.369 e. The minimum absolute atomic E-state index is 0.0501. The molecule has 146 valence electrons. The maximum Gasteiger partial charge on any atom is 0.226 e. The average Bonchev–Trinajstić information content (AvgIpc) is 3.22. The van der Waals surface area contributed by atoms with Crippen molar-refractivity contribution in [1.29, 1.82) is 0 Å². The number of hydrogen-bond donors (Lipinski definition) is 1. The molecule has 2 aromatic heterocycles. The highest BCUT2D eigenvalue weighted by molar-refractivity contribution is 5.79. The summed E-state index contributed by atoms with van der Waals surface area (Å²) in [5.41, 5.74) is 7.84. The summed E-state index contributed by atoms with van der Waals surface area (Å²) in [5, 5.41) is 7.93. The molecule has 1 aromatic carbocycles. The Morgan fingerprint density at radius 1 is 1.25 bits per heavy atom. The predicted octanol–water partition coefficient (Wildman–Crippen LogP) is 1.97. The van der Waals surface area contributed by atoms with Crippen LogP contribution < -0.4 is 10.6 Å². The maximum atomic E-state index is 13.0. The van der Waals surface area contributed by atoms with E-state index in [2.05, 4.69) is 32.2 Å². The van der Waals surface area contributed by atoms with E-state index >= 15 is 0 Å². The van der Waals surface area contributed by atoms with E-state index in [1.54, 1.807) is 10.7 Å². The summed E-state index contributed by atoms with van der Waals surface area (Å²) >= 11 is 0. The first kappa shape index (κ1) is 18.2. The third kappa shape index (κ3) is 3.62. The molecule has 0 spiro atoms. The van der Waals surface area contributed by atoms with Gasteiger partial charge >= 0.3 is 0 Å². The number of aromatic nitrogens is 4. The minimum Gasteiger partial charge on any atom is -0.369 e. The van der Waals surface area contributed by atoms with Crippen LogP contribution in [0.5, 0.6) is 0 Å². The van der Waals surface area contributed by atoms with Gasteiger partial charge in [-0.15, -0.1) is 10.2 Å². The molecule has 8 nitrogen and oxygen atoms in total. The summed E-state index contributed by atoms with van der Waals surface area (Å²) in [7, 11) is 0. The van der Waals surface area contributed by atoms with Crippen molar-refractivity contribution in [2.45, 2.75) is 26.3 Å². The fraction of sp³-hybridized carbons (Fsp3) is 0.400. The molecule has 28 heavy (non-hydrogen) atoms. The Kier molecular flexibility index (Phi) is 5.10. The first-order chi connectivity index (χ1) is 13.7. The Balaban J connectivity index is 1.40. The van der Waals surface area contributed by atoms with Crippen LogP contribution in [0.25, 0.3) is 5.65 Å². The highest BCUT2D eigenvalue weighted by Crippen LogP contribution is 2.25. The van der Waals surface area contributed by atoms with Gasteiger partial charge in [0.1, 0.15) is 12.1 Å². The number of nitrogens with zero attached hydrogens (tertiary/aromatic N) is 6. The average molecular weight is 379 g/mol. The Morgan fingerprint density at radius 3 is 2.71 bits per heavy atom. The van der Waals surface area contributed by atoms with Gasteiger partial charge in [-0.2, -0.15) is 4.98 Å². The number of hydrogen-bond acceptors (Lipinski definition) is 6. The van der Waals surface area contributed by atoms with Crippen LogP contribution in [0.15, 0.2) is 42.7 Å². The number of nitrogens with two attached hydrogens (primary N) is 1. The Bertz CT molecular complexity index is 948. The van der Waals surface area contributed by atoms with E-state index in [0.29, 0.717) is 18.1 Å². The molecule has 0 atom stereocenters. The lowest BCUT2D eigenvalue weighted by Gasteiger charge is -2.34. The number of anilines is 2. The van der Waals surface area contributed by atoms with Gasteiger partial charge < -0.3 is 15.5 Å². The lowest BCUT2D eigenvalue weighted by atomic mass is 9.95. The van der Waals surface area contributed by atoms with Gasteiger partial charge in [-0.3, -0.25) is 9.20 Å². The SMILES string of the molecule is CCN(Cc1ccccc1)C(=O)C1CCN(c2cc3nncn3c(N)n2)CC1. The van der Waals surface area contributed by atoms with Crippen LogP contribution in [0.4, 0.5) is 11.8 Å². The number of rotatable bonds is 5. The topological polar surface area (TPSA) is 92.7 Å². The summed E-state index contributed by atoms with van der Waals surface area (Å²) in [4.78, 5) is 21.6. The molecule has 1 fully saturated rings. The normalized spacial score (nSPS) is 15.1. The molecule has 0 unspecified atom stereocenters. The molecule has 3 aromatic rings. The third-order valence-electron chi connectivity index (χ3n) is 5.39. The Hall–Kier alpha value is -3.16. The van der Waals surface area contributed by atoms with Gasteiger partial charge in [0.25, 0.3) is 0 Å². The molecular formula is C20H25N7O. The van der Waals surface area contributed by atoms with Crippen molar-refractivity contribution in [3.05, 3.63) is 48.3 Å². The van der Waals surface area contributed by atoms with E-state index < -0.39 is 0 Å². The van der Waals surface area contributed by atoms with Crippen LogP contribution in [0.1, 0.15) is 25.3 Å². The molecule has 0 bridgehead atoms. The number of fused-ring (bicyclic) bond motifs is 1. The van der Waals surface area contributed by atoms with Crippen molar-refractivity contribution in [3.8, 4) is 0 Å². The molecular weight excluding hydrogens is 354 g/mol.